The van der Waals surface area contributed by atoms with Crippen molar-refractivity contribution in [1.29, 1.82) is 0 Å². The SMILES string of the molecule is O=C(Cc1ccc2c(c1)CCN(C(=O)OC1CCC(CC(=O)OC[C@H](O)CO)CC1)C2)Cc1ccccc1F. The number of aliphatic hydroxyl groups excluding tert-OH is 2. The molecular weight excluding hydrogens is 505 g/mol. The molecule has 0 spiro atoms. The van der Waals surface area contributed by atoms with Gasteiger partial charge in [0.15, 0.2) is 0 Å². The summed E-state index contributed by atoms with van der Waals surface area (Å²) < 4.78 is 24.6. The lowest BCUT2D eigenvalue weighted by Crippen LogP contribution is -2.39. The quantitative estimate of drug-likeness (QED) is 0.443. The van der Waals surface area contributed by atoms with Crippen LogP contribution in [0.15, 0.2) is 42.5 Å². The number of fused-ring (bicyclic) bond motifs is 1. The van der Waals surface area contributed by atoms with Gasteiger partial charge in [0.2, 0.25) is 0 Å². The number of hydrogen-bond acceptors (Lipinski definition) is 7. The molecule has 1 aliphatic carbocycles. The van der Waals surface area contributed by atoms with E-state index >= 15 is 0 Å². The third-order valence-electron chi connectivity index (χ3n) is 7.45. The van der Waals surface area contributed by atoms with Crippen molar-refractivity contribution in [3.8, 4) is 0 Å². The van der Waals surface area contributed by atoms with E-state index < -0.39 is 18.7 Å². The van der Waals surface area contributed by atoms with Gasteiger partial charge >= 0.3 is 12.1 Å². The summed E-state index contributed by atoms with van der Waals surface area (Å²) in [7, 11) is 0. The zero-order chi connectivity index (χ0) is 27.8. The van der Waals surface area contributed by atoms with Crippen LogP contribution in [0.2, 0.25) is 0 Å². The Morgan fingerprint density at radius 1 is 1.03 bits per heavy atom. The number of carbonyl (C=O) groups is 3. The fourth-order valence-corrected chi connectivity index (χ4v) is 5.22. The zero-order valence-electron chi connectivity index (χ0n) is 22.0. The molecule has 0 unspecified atom stereocenters. The van der Waals surface area contributed by atoms with Gasteiger partial charge in [-0.3, -0.25) is 9.59 Å². The molecule has 0 aromatic heterocycles. The van der Waals surface area contributed by atoms with Gasteiger partial charge in [0.25, 0.3) is 0 Å². The predicted octanol–water partition coefficient (Wildman–Crippen LogP) is 3.52. The molecule has 1 aliphatic heterocycles. The number of carbonyl (C=O) groups excluding carboxylic acids is 3. The molecule has 0 bridgehead atoms. The number of nitrogens with zero attached hydrogens (tertiary/aromatic N) is 1. The van der Waals surface area contributed by atoms with E-state index in [-0.39, 0.29) is 55.6 Å². The van der Waals surface area contributed by atoms with Crippen molar-refractivity contribution in [1.82, 2.24) is 4.90 Å². The number of aliphatic hydroxyl groups is 2. The Morgan fingerprint density at radius 2 is 1.79 bits per heavy atom. The fourth-order valence-electron chi connectivity index (χ4n) is 5.22. The Morgan fingerprint density at radius 3 is 2.54 bits per heavy atom. The van der Waals surface area contributed by atoms with Crippen LogP contribution >= 0.6 is 0 Å². The first-order chi connectivity index (χ1) is 18.8. The van der Waals surface area contributed by atoms with Crippen molar-refractivity contribution in [2.45, 2.75) is 70.1 Å². The number of ether oxygens (including phenoxy) is 2. The maximum Gasteiger partial charge on any atom is 0.410 e. The second-order valence-corrected chi connectivity index (χ2v) is 10.5. The van der Waals surface area contributed by atoms with E-state index in [0.717, 1.165) is 29.5 Å². The number of amides is 1. The first-order valence-electron chi connectivity index (χ1n) is 13.6. The van der Waals surface area contributed by atoms with Gasteiger partial charge in [-0.2, -0.15) is 0 Å². The van der Waals surface area contributed by atoms with Crippen molar-refractivity contribution in [3.05, 3.63) is 70.5 Å². The predicted molar refractivity (Wildman–Crippen MR) is 140 cm³/mol. The Labute approximate surface area is 227 Å². The van der Waals surface area contributed by atoms with Crippen LogP contribution in [0.25, 0.3) is 0 Å². The van der Waals surface area contributed by atoms with Crippen molar-refractivity contribution in [2.75, 3.05) is 19.8 Å². The van der Waals surface area contributed by atoms with Crippen molar-refractivity contribution < 1.29 is 38.5 Å². The van der Waals surface area contributed by atoms with Gasteiger partial charge in [-0.15, -0.1) is 0 Å². The molecule has 2 N–H and O–H groups in total. The Balaban J connectivity index is 1.20. The topological polar surface area (TPSA) is 113 Å². The molecule has 0 radical (unpaired) electrons. The number of ketones is 1. The summed E-state index contributed by atoms with van der Waals surface area (Å²) in [5.41, 5.74) is 3.42. The van der Waals surface area contributed by atoms with Crippen LogP contribution in [0, 0.1) is 11.7 Å². The highest BCUT2D eigenvalue weighted by atomic mass is 19.1. The minimum atomic E-state index is -1.06. The Kier molecular flexibility index (Phi) is 10.1. The van der Waals surface area contributed by atoms with Gasteiger partial charge in [0.1, 0.15) is 30.4 Å². The first-order valence-corrected chi connectivity index (χ1v) is 13.6. The summed E-state index contributed by atoms with van der Waals surface area (Å²) in [5, 5.41) is 18.1. The standard InChI is InChI=1S/C30H36FNO7/c31-28-4-2-1-3-23(28)16-25(34)14-21-5-8-24-17-32(12-11-22(24)13-21)30(37)39-27-9-6-20(7-10-27)15-29(36)38-19-26(35)18-33/h1-5,8,13,20,26-27,33,35H,6-7,9-12,14-19H2/t20?,26-,27?/m1/s1. The molecule has 1 amide bonds. The molecule has 1 heterocycles. The molecular formula is C30H36FNO7. The Hall–Kier alpha value is -3.30. The summed E-state index contributed by atoms with van der Waals surface area (Å²) >= 11 is 0. The number of rotatable bonds is 10. The molecule has 4 rings (SSSR count). The normalized spacial score (nSPS) is 19.6. The van der Waals surface area contributed by atoms with Crippen LogP contribution in [-0.2, 0) is 44.9 Å². The highest BCUT2D eigenvalue weighted by Crippen LogP contribution is 2.30. The van der Waals surface area contributed by atoms with Crippen LogP contribution in [0.3, 0.4) is 0 Å². The highest BCUT2D eigenvalue weighted by molar-refractivity contribution is 5.83. The first kappa shape index (κ1) is 28.7. The average molecular weight is 542 g/mol. The summed E-state index contributed by atoms with van der Waals surface area (Å²) in [5.74, 6) is -0.665. The maximum absolute atomic E-state index is 13.9. The van der Waals surface area contributed by atoms with Crippen LogP contribution in [0.1, 0.15) is 54.4 Å². The smallest absolute Gasteiger partial charge is 0.410 e. The summed E-state index contributed by atoms with van der Waals surface area (Å²) in [6.45, 7) is 0.306. The lowest BCUT2D eigenvalue weighted by Gasteiger charge is -2.32. The Bertz CT molecular complexity index is 1160. The lowest BCUT2D eigenvalue weighted by molar-refractivity contribution is -0.148. The van der Waals surface area contributed by atoms with E-state index in [2.05, 4.69) is 0 Å². The molecule has 2 aliphatic rings. The molecule has 8 nitrogen and oxygen atoms in total. The number of esters is 1. The number of benzene rings is 2. The number of hydrogen-bond donors (Lipinski definition) is 2. The minimum absolute atomic E-state index is 0.0480. The van der Waals surface area contributed by atoms with E-state index in [1.165, 1.54) is 6.07 Å². The third kappa shape index (κ3) is 8.34. The number of Topliss-reactive ketones (excluding diaryl/α,β-unsaturated/α-hetero) is 1. The summed E-state index contributed by atoms with van der Waals surface area (Å²) in [6, 6.07) is 12.2. The largest absolute Gasteiger partial charge is 0.463 e. The van der Waals surface area contributed by atoms with Crippen molar-refractivity contribution >= 4 is 17.8 Å². The average Bonchev–Trinajstić information content (AvgIpc) is 2.93. The van der Waals surface area contributed by atoms with Gasteiger partial charge in [-0.05, 0) is 66.3 Å². The monoisotopic (exact) mass is 541 g/mol. The molecule has 1 saturated carbocycles. The van der Waals surface area contributed by atoms with Crippen LogP contribution < -0.4 is 0 Å². The van der Waals surface area contributed by atoms with E-state index in [1.54, 1.807) is 23.1 Å². The molecule has 1 atom stereocenters. The minimum Gasteiger partial charge on any atom is -0.463 e. The molecule has 9 heteroatoms. The summed E-state index contributed by atoms with van der Waals surface area (Å²) in [6.07, 6.45) is 2.47. The molecule has 210 valence electrons. The van der Waals surface area contributed by atoms with Gasteiger partial charge < -0.3 is 24.6 Å². The number of halogens is 1. The summed E-state index contributed by atoms with van der Waals surface area (Å²) in [4.78, 5) is 38.9. The van der Waals surface area contributed by atoms with Crippen LogP contribution in [0.4, 0.5) is 9.18 Å². The second-order valence-electron chi connectivity index (χ2n) is 10.5. The van der Waals surface area contributed by atoms with Crippen molar-refractivity contribution in [2.24, 2.45) is 5.92 Å². The zero-order valence-corrected chi connectivity index (χ0v) is 22.0. The van der Waals surface area contributed by atoms with E-state index in [9.17, 15) is 23.9 Å². The van der Waals surface area contributed by atoms with Gasteiger partial charge in [0.05, 0.1) is 6.61 Å². The fraction of sp³-hybridized carbons (Fsp3) is 0.500. The lowest BCUT2D eigenvalue weighted by atomic mass is 9.85. The molecule has 39 heavy (non-hydrogen) atoms. The van der Waals surface area contributed by atoms with E-state index in [1.807, 2.05) is 18.2 Å². The third-order valence-corrected chi connectivity index (χ3v) is 7.45. The van der Waals surface area contributed by atoms with Gasteiger partial charge in [0, 0.05) is 32.4 Å². The van der Waals surface area contributed by atoms with Gasteiger partial charge in [-0.1, -0.05) is 36.4 Å². The van der Waals surface area contributed by atoms with Crippen LogP contribution in [0.5, 0.6) is 0 Å². The van der Waals surface area contributed by atoms with Gasteiger partial charge in [-0.25, -0.2) is 9.18 Å². The maximum atomic E-state index is 13.9. The van der Waals surface area contributed by atoms with E-state index in [0.29, 0.717) is 37.9 Å². The van der Waals surface area contributed by atoms with Crippen LogP contribution in [-0.4, -0.2) is 64.9 Å². The molecule has 1 fully saturated rings. The highest BCUT2D eigenvalue weighted by Gasteiger charge is 2.29. The second kappa shape index (κ2) is 13.7. The molecule has 2 aromatic carbocycles. The molecule has 0 saturated heterocycles. The molecule has 2 aromatic rings. The van der Waals surface area contributed by atoms with E-state index in [4.69, 9.17) is 14.6 Å². The van der Waals surface area contributed by atoms with Crippen molar-refractivity contribution in [3.63, 3.8) is 0 Å².